The van der Waals surface area contributed by atoms with E-state index in [1.165, 1.54) is 0 Å². The largest absolute Gasteiger partial charge is 0.465 e. The van der Waals surface area contributed by atoms with Crippen molar-refractivity contribution in [3.8, 4) is 0 Å². The Hall–Kier alpha value is -1.07. The molecule has 1 N–H and O–H groups in total. The molecule has 4 nitrogen and oxygen atoms in total. The number of thioether (sulfide) groups is 1. The van der Waals surface area contributed by atoms with Crippen LogP contribution in [0.15, 0.2) is 29.4 Å². The monoisotopic (exact) mass is 308 g/mol. The van der Waals surface area contributed by atoms with Gasteiger partial charge in [0.1, 0.15) is 5.54 Å². The summed E-state index contributed by atoms with van der Waals surface area (Å²) in [5.41, 5.74) is -0.571. The minimum atomic E-state index is -0.571. The highest BCUT2D eigenvalue weighted by Crippen LogP contribution is 2.43. The van der Waals surface area contributed by atoms with Gasteiger partial charge in [-0.15, -0.1) is 11.8 Å². The number of hydrogen-bond acceptors (Lipinski definition) is 5. The smallest absolute Gasteiger partial charge is 0.327 e. The summed E-state index contributed by atoms with van der Waals surface area (Å²) in [4.78, 5) is 17.8. The molecule has 1 aromatic rings. The van der Waals surface area contributed by atoms with Gasteiger partial charge in [-0.1, -0.05) is 0 Å². The third kappa shape index (κ3) is 4.20. The number of nitrogens with zero attached hydrogens (tertiary/aromatic N) is 1. The Morgan fingerprint density at radius 1 is 1.48 bits per heavy atom. The molecule has 1 aliphatic rings. The Morgan fingerprint density at radius 2 is 2.14 bits per heavy atom. The third-order valence-corrected chi connectivity index (χ3v) is 4.78. The Bertz CT molecular complexity index is 463. The first-order valence-corrected chi connectivity index (χ1v) is 8.54. The van der Waals surface area contributed by atoms with Crippen LogP contribution in [0.5, 0.6) is 0 Å². The van der Waals surface area contributed by atoms with Crippen LogP contribution in [0.2, 0.25) is 0 Å². The lowest BCUT2D eigenvalue weighted by atomic mass is 9.94. The van der Waals surface area contributed by atoms with Gasteiger partial charge in [0.25, 0.3) is 0 Å². The second-order valence-corrected chi connectivity index (χ2v) is 6.79. The maximum absolute atomic E-state index is 12.6. The minimum absolute atomic E-state index is 0.109. The molecule has 0 saturated heterocycles. The molecule has 0 spiro atoms. The molecular formula is C16H24N2O2S. The first-order chi connectivity index (χ1) is 10.1. The van der Waals surface area contributed by atoms with E-state index in [4.69, 9.17) is 4.74 Å². The molecule has 2 rings (SSSR count). The summed E-state index contributed by atoms with van der Waals surface area (Å²) in [5, 5.41) is 3.50. The lowest BCUT2D eigenvalue weighted by molar-refractivity contribution is -0.151. The first kappa shape index (κ1) is 16.3. The molecule has 116 valence electrons. The van der Waals surface area contributed by atoms with Crippen molar-refractivity contribution in [2.45, 2.75) is 50.1 Å². The molecule has 1 atom stereocenters. The van der Waals surface area contributed by atoms with Crippen LogP contribution in [0, 0.1) is 5.92 Å². The second kappa shape index (κ2) is 7.27. The highest BCUT2D eigenvalue weighted by atomic mass is 32.2. The SMILES string of the molecule is CCOC(=O)C(CSc1ccncc1)(NC(C)C)C1CC1. The van der Waals surface area contributed by atoms with Crippen molar-refractivity contribution in [3.63, 3.8) is 0 Å². The number of nitrogens with one attached hydrogen (secondary N) is 1. The fourth-order valence-electron chi connectivity index (χ4n) is 2.54. The lowest BCUT2D eigenvalue weighted by Gasteiger charge is -2.34. The average Bonchev–Trinajstić information content (AvgIpc) is 3.29. The molecule has 0 amide bonds. The predicted molar refractivity (Wildman–Crippen MR) is 85.3 cm³/mol. The maximum atomic E-state index is 12.6. The predicted octanol–water partition coefficient (Wildman–Crippen LogP) is 2.88. The molecular weight excluding hydrogens is 284 g/mol. The van der Waals surface area contributed by atoms with Crippen LogP contribution in [-0.4, -0.2) is 34.9 Å². The summed E-state index contributed by atoms with van der Waals surface area (Å²) >= 11 is 1.69. The zero-order valence-corrected chi connectivity index (χ0v) is 13.8. The molecule has 21 heavy (non-hydrogen) atoms. The molecule has 1 heterocycles. The van der Waals surface area contributed by atoms with Gasteiger partial charge in [-0.25, -0.2) is 0 Å². The van der Waals surface area contributed by atoms with Crippen molar-refractivity contribution in [2.75, 3.05) is 12.4 Å². The topological polar surface area (TPSA) is 51.2 Å². The van der Waals surface area contributed by atoms with Gasteiger partial charge in [0.05, 0.1) is 6.61 Å². The molecule has 0 bridgehead atoms. The fourth-order valence-corrected chi connectivity index (χ4v) is 3.69. The Balaban J connectivity index is 2.15. The number of aromatic nitrogens is 1. The van der Waals surface area contributed by atoms with Crippen LogP contribution < -0.4 is 5.32 Å². The van der Waals surface area contributed by atoms with Crippen LogP contribution in [0.4, 0.5) is 0 Å². The number of hydrogen-bond donors (Lipinski definition) is 1. The number of carbonyl (C=O) groups is 1. The van der Waals surface area contributed by atoms with Gasteiger partial charge in [-0.3, -0.25) is 15.1 Å². The summed E-state index contributed by atoms with van der Waals surface area (Å²) in [5.74, 6) is 0.967. The zero-order valence-electron chi connectivity index (χ0n) is 13.0. The molecule has 1 aromatic heterocycles. The lowest BCUT2D eigenvalue weighted by Crippen LogP contribution is -2.59. The van der Waals surface area contributed by atoms with E-state index in [9.17, 15) is 4.79 Å². The maximum Gasteiger partial charge on any atom is 0.327 e. The van der Waals surface area contributed by atoms with Crippen molar-refractivity contribution < 1.29 is 9.53 Å². The van der Waals surface area contributed by atoms with E-state index < -0.39 is 5.54 Å². The van der Waals surface area contributed by atoms with E-state index in [0.29, 0.717) is 18.3 Å². The van der Waals surface area contributed by atoms with E-state index in [0.717, 1.165) is 17.7 Å². The molecule has 1 saturated carbocycles. The Kier molecular flexibility index (Phi) is 5.65. The normalized spacial score (nSPS) is 17.5. The first-order valence-electron chi connectivity index (χ1n) is 7.56. The summed E-state index contributed by atoms with van der Waals surface area (Å²) in [7, 11) is 0. The van der Waals surface area contributed by atoms with Gasteiger partial charge in [-0.05, 0) is 51.7 Å². The van der Waals surface area contributed by atoms with Crippen LogP contribution in [0.25, 0.3) is 0 Å². The van der Waals surface area contributed by atoms with E-state index in [2.05, 4.69) is 24.1 Å². The van der Waals surface area contributed by atoms with Crippen LogP contribution in [0.3, 0.4) is 0 Å². The zero-order chi connectivity index (χ0) is 15.3. The van der Waals surface area contributed by atoms with E-state index >= 15 is 0 Å². The minimum Gasteiger partial charge on any atom is -0.465 e. The Morgan fingerprint density at radius 3 is 2.67 bits per heavy atom. The Labute approximate surface area is 131 Å². The van der Waals surface area contributed by atoms with Crippen LogP contribution >= 0.6 is 11.8 Å². The quantitative estimate of drug-likeness (QED) is 0.591. The highest BCUT2D eigenvalue weighted by Gasteiger charge is 2.52. The molecule has 0 aliphatic heterocycles. The molecule has 0 radical (unpaired) electrons. The molecule has 1 fully saturated rings. The standard InChI is InChI=1S/C16H24N2O2S/c1-4-20-15(19)16(13-5-6-13,18-12(2)3)11-21-14-7-9-17-10-8-14/h7-10,12-13,18H,4-6,11H2,1-3H3. The van der Waals surface area contributed by atoms with Gasteiger partial charge in [0.15, 0.2) is 0 Å². The highest BCUT2D eigenvalue weighted by molar-refractivity contribution is 7.99. The fraction of sp³-hybridized carbons (Fsp3) is 0.625. The van der Waals surface area contributed by atoms with Gasteiger partial charge in [-0.2, -0.15) is 0 Å². The van der Waals surface area contributed by atoms with E-state index in [1.807, 2.05) is 19.1 Å². The average molecular weight is 308 g/mol. The van der Waals surface area contributed by atoms with Crippen molar-refractivity contribution in [1.82, 2.24) is 10.3 Å². The number of pyridine rings is 1. The molecule has 1 aliphatic carbocycles. The van der Waals surface area contributed by atoms with Gasteiger partial charge < -0.3 is 4.74 Å². The van der Waals surface area contributed by atoms with Crippen molar-refractivity contribution in [2.24, 2.45) is 5.92 Å². The van der Waals surface area contributed by atoms with Crippen molar-refractivity contribution in [1.29, 1.82) is 0 Å². The van der Waals surface area contributed by atoms with Gasteiger partial charge in [0, 0.05) is 29.1 Å². The molecule has 5 heteroatoms. The van der Waals surface area contributed by atoms with Crippen molar-refractivity contribution >= 4 is 17.7 Å². The van der Waals surface area contributed by atoms with Crippen LogP contribution in [-0.2, 0) is 9.53 Å². The van der Waals surface area contributed by atoms with Gasteiger partial charge in [0.2, 0.25) is 0 Å². The number of ether oxygens (including phenoxy) is 1. The second-order valence-electron chi connectivity index (χ2n) is 5.74. The van der Waals surface area contributed by atoms with E-state index in [1.54, 1.807) is 24.2 Å². The number of carbonyl (C=O) groups excluding carboxylic acids is 1. The molecule has 0 aromatic carbocycles. The molecule has 1 unspecified atom stereocenters. The summed E-state index contributed by atoms with van der Waals surface area (Å²) in [6.07, 6.45) is 5.74. The summed E-state index contributed by atoms with van der Waals surface area (Å²) < 4.78 is 5.37. The number of rotatable bonds is 8. The third-order valence-electron chi connectivity index (χ3n) is 3.58. The van der Waals surface area contributed by atoms with Gasteiger partial charge >= 0.3 is 5.97 Å². The summed E-state index contributed by atoms with van der Waals surface area (Å²) in [6.45, 7) is 6.44. The van der Waals surface area contributed by atoms with Crippen LogP contribution in [0.1, 0.15) is 33.6 Å². The van der Waals surface area contributed by atoms with E-state index in [-0.39, 0.29) is 12.0 Å². The summed E-state index contributed by atoms with van der Waals surface area (Å²) in [6, 6.07) is 4.19. The number of esters is 1. The van der Waals surface area contributed by atoms with Crippen molar-refractivity contribution in [3.05, 3.63) is 24.5 Å².